The second-order valence-electron chi connectivity index (χ2n) is 2.96. The smallest absolute Gasteiger partial charge is 0.0467 e. The number of hydrogen-bond acceptors (Lipinski definition) is 2. The van der Waals surface area contributed by atoms with Crippen LogP contribution in [0.15, 0.2) is 0 Å². The van der Waals surface area contributed by atoms with Gasteiger partial charge in [0.1, 0.15) is 0 Å². The first-order valence-electron chi connectivity index (χ1n) is 3.67. The van der Waals surface area contributed by atoms with Crippen LogP contribution in [0.25, 0.3) is 0 Å². The molecule has 0 aromatic rings. The summed E-state index contributed by atoms with van der Waals surface area (Å²) in [6.45, 7) is 7.72. The Bertz CT molecular complexity index is 182. The van der Waals surface area contributed by atoms with E-state index in [1.54, 1.807) is 0 Å². The molecule has 0 spiro atoms. The van der Waals surface area contributed by atoms with Gasteiger partial charge in [0.05, 0.1) is 0 Å². The van der Waals surface area contributed by atoms with Crippen LogP contribution < -0.4 is 0 Å². The van der Waals surface area contributed by atoms with Gasteiger partial charge in [-0.05, 0) is 12.8 Å². The van der Waals surface area contributed by atoms with Gasteiger partial charge in [0, 0.05) is 20.7 Å². The van der Waals surface area contributed by atoms with Crippen LogP contribution in [0.2, 0.25) is 0 Å². The first-order valence-corrected chi connectivity index (χ1v) is 5.46. The number of rotatable bonds is 3. The molecule has 0 heterocycles. The second-order valence-corrected chi connectivity index (χ2v) is 5.74. The first-order chi connectivity index (χ1) is 4.41. The van der Waals surface area contributed by atoms with Gasteiger partial charge in [-0.15, -0.1) is 0 Å². The average Bonchev–Trinajstić information content (AvgIpc) is 1.86. The van der Waals surface area contributed by atoms with E-state index in [0.29, 0.717) is 11.7 Å². The monoisotopic (exact) mass is 163 g/mol. The maximum absolute atomic E-state index is 11.4. The van der Waals surface area contributed by atoms with Crippen LogP contribution in [0.5, 0.6) is 0 Å². The molecule has 0 aliphatic rings. The molecule has 0 aliphatic carbocycles. The Balaban J connectivity index is 4.35. The van der Waals surface area contributed by atoms with E-state index in [0.717, 1.165) is 0 Å². The lowest BCUT2D eigenvalue weighted by Gasteiger charge is -2.17. The van der Waals surface area contributed by atoms with E-state index in [9.17, 15) is 4.21 Å². The molecule has 0 unspecified atom stereocenters. The van der Waals surface area contributed by atoms with Crippen LogP contribution >= 0.6 is 0 Å². The van der Waals surface area contributed by atoms with Crippen molar-refractivity contribution >= 4 is 9.73 Å². The molecule has 1 N–H and O–H groups in total. The van der Waals surface area contributed by atoms with Crippen molar-refractivity contribution in [3.63, 3.8) is 0 Å². The predicted octanol–water partition coefficient (Wildman–Crippen LogP) is 2.10. The summed E-state index contributed by atoms with van der Waals surface area (Å²) in [6, 6.07) is 0. The van der Waals surface area contributed by atoms with Gasteiger partial charge in [-0.3, -0.25) is 4.78 Å². The second kappa shape index (κ2) is 3.37. The fourth-order valence-corrected chi connectivity index (χ4v) is 2.11. The van der Waals surface area contributed by atoms with Gasteiger partial charge in [-0.2, -0.15) is 0 Å². The molecule has 0 aromatic heterocycles. The lowest BCUT2D eigenvalue weighted by molar-refractivity contribution is 0.598. The summed E-state index contributed by atoms with van der Waals surface area (Å²) in [5.41, 5.74) is 0. The Kier molecular flexibility index (Phi) is 3.36. The van der Waals surface area contributed by atoms with Crippen molar-refractivity contribution < 1.29 is 4.21 Å². The molecule has 0 fully saturated rings. The molecule has 0 rings (SSSR count). The zero-order valence-electron chi connectivity index (χ0n) is 7.18. The molecule has 2 nitrogen and oxygen atoms in total. The summed E-state index contributed by atoms with van der Waals surface area (Å²) in [6.07, 6.45) is 0. The Labute approximate surface area is 64.0 Å². The van der Waals surface area contributed by atoms with Gasteiger partial charge < -0.3 is 0 Å². The van der Waals surface area contributed by atoms with Crippen molar-refractivity contribution in [2.45, 2.75) is 32.9 Å². The zero-order valence-corrected chi connectivity index (χ0v) is 7.99. The Morgan fingerprint density at radius 3 is 1.90 bits per heavy atom. The van der Waals surface area contributed by atoms with E-state index in [1.807, 2.05) is 27.7 Å². The molecule has 0 saturated heterocycles. The van der Waals surface area contributed by atoms with Gasteiger partial charge in [-0.1, -0.05) is 20.8 Å². The standard InChI is InChI=1S/C7H17NOS/c1-5-10(8,9)7(4)6(2)3/h6-8H,5H2,1-4H3/t7-,10+/m0/s1. The molecule has 0 saturated carbocycles. The SMILES string of the molecule is CC[S@@](=N)(=O)[C@@H](C)C(C)C. The molecule has 62 valence electrons. The van der Waals surface area contributed by atoms with Gasteiger partial charge in [0.25, 0.3) is 0 Å². The van der Waals surface area contributed by atoms with Crippen molar-refractivity contribution in [2.75, 3.05) is 5.75 Å². The van der Waals surface area contributed by atoms with E-state index in [4.69, 9.17) is 4.78 Å². The van der Waals surface area contributed by atoms with E-state index in [1.165, 1.54) is 0 Å². The topological polar surface area (TPSA) is 40.9 Å². The minimum atomic E-state index is -2.30. The predicted molar refractivity (Wildman–Crippen MR) is 45.7 cm³/mol. The number of nitrogens with one attached hydrogen (secondary N) is 1. The van der Waals surface area contributed by atoms with Crippen LogP contribution in [0, 0.1) is 10.7 Å². The highest BCUT2D eigenvalue weighted by Crippen LogP contribution is 2.12. The molecule has 0 amide bonds. The summed E-state index contributed by atoms with van der Waals surface area (Å²) in [4.78, 5) is 0. The van der Waals surface area contributed by atoms with Crippen molar-refractivity contribution in [1.29, 1.82) is 4.78 Å². The van der Waals surface area contributed by atoms with Crippen LogP contribution in [0.1, 0.15) is 27.7 Å². The highest BCUT2D eigenvalue weighted by atomic mass is 32.2. The fourth-order valence-electron chi connectivity index (χ4n) is 0.703. The molecular formula is C7H17NOS. The number of hydrogen-bond donors (Lipinski definition) is 1. The van der Waals surface area contributed by atoms with Crippen LogP contribution in [-0.2, 0) is 9.73 Å². The fraction of sp³-hybridized carbons (Fsp3) is 1.00. The van der Waals surface area contributed by atoms with Gasteiger partial charge in [-0.25, -0.2) is 4.21 Å². The van der Waals surface area contributed by atoms with Crippen LogP contribution in [0.4, 0.5) is 0 Å². The van der Waals surface area contributed by atoms with Gasteiger partial charge in [0.2, 0.25) is 0 Å². The Hall–Kier alpha value is -0.0500. The van der Waals surface area contributed by atoms with Crippen molar-refractivity contribution in [3.8, 4) is 0 Å². The molecule has 0 aromatic carbocycles. The lowest BCUT2D eigenvalue weighted by atomic mass is 10.2. The summed E-state index contributed by atoms with van der Waals surface area (Å²) < 4.78 is 18.8. The van der Waals surface area contributed by atoms with Gasteiger partial charge >= 0.3 is 0 Å². The summed E-state index contributed by atoms with van der Waals surface area (Å²) in [5.74, 6) is 0.830. The minimum Gasteiger partial charge on any atom is -0.253 e. The molecule has 0 aliphatic heterocycles. The van der Waals surface area contributed by atoms with Crippen molar-refractivity contribution in [1.82, 2.24) is 0 Å². The van der Waals surface area contributed by atoms with E-state index >= 15 is 0 Å². The van der Waals surface area contributed by atoms with E-state index in [-0.39, 0.29) is 5.25 Å². The Morgan fingerprint density at radius 1 is 1.40 bits per heavy atom. The minimum absolute atomic E-state index is 0.0255. The average molecular weight is 163 g/mol. The maximum Gasteiger partial charge on any atom is 0.0467 e. The van der Waals surface area contributed by atoms with E-state index < -0.39 is 9.73 Å². The molecule has 2 atom stereocenters. The zero-order chi connectivity index (χ0) is 8.36. The first kappa shape index (κ1) is 9.95. The summed E-state index contributed by atoms with van der Waals surface area (Å²) in [5, 5.41) is 0.0255. The molecule has 10 heavy (non-hydrogen) atoms. The third kappa shape index (κ3) is 2.29. The third-order valence-electron chi connectivity index (χ3n) is 1.97. The highest BCUT2D eigenvalue weighted by molar-refractivity contribution is 7.92. The van der Waals surface area contributed by atoms with Crippen LogP contribution in [-0.4, -0.2) is 15.2 Å². The molecular weight excluding hydrogens is 146 g/mol. The van der Waals surface area contributed by atoms with Gasteiger partial charge in [0.15, 0.2) is 0 Å². The largest absolute Gasteiger partial charge is 0.253 e. The van der Waals surface area contributed by atoms with Crippen LogP contribution in [0.3, 0.4) is 0 Å². The highest BCUT2D eigenvalue weighted by Gasteiger charge is 2.17. The molecule has 0 bridgehead atoms. The normalized spacial score (nSPS) is 20.5. The summed E-state index contributed by atoms with van der Waals surface area (Å²) >= 11 is 0. The lowest BCUT2D eigenvalue weighted by Crippen LogP contribution is -2.23. The third-order valence-corrected chi connectivity index (χ3v) is 4.57. The van der Waals surface area contributed by atoms with E-state index in [2.05, 4.69) is 0 Å². The summed E-state index contributed by atoms with van der Waals surface area (Å²) in [7, 11) is -2.30. The molecule has 3 heteroatoms. The molecule has 0 radical (unpaired) electrons. The Morgan fingerprint density at radius 2 is 1.80 bits per heavy atom. The quantitative estimate of drug-likeness (QED) is 0.680. The van der Waals surface area contributed by atoms with Crippen molar-refractivity contribution in [3.05, 3.63) is 0 Å². The van der Waals surface area contributed by atoms with Crippen molar-refractivity contribution in [2.24, 2.45) is 5.92 Å². The maximum atomic E-state index is 11.4.